The largest absolute Gasteiger partial charge is 0.497 e. The first-order chi connectivity index (χ1) is 9.30. The Balaban J connectivity index is 2.37. The third-order valence-electron chi connectivity index (χ3n) is 2.28. The van der Waals surface area contributed by atoms with Crippen LogP contribution in [0.1, 0.15) is 20.8 Å². The van der Waals surface area contributed by atoms with E-state index in [0.29, 0.717) is 0 Å². The van der Waals surface area contributed by atoms with Crippen molar-refractivity contribution in [1.82, 2.24) is 10.6 Å². The average molecular weight is 279 g/mol. The zero-order valence-corrected chi connectivity index (χ0v) is 12.2. The summed E-state index contributed by atoms with van der Waals surface area (Å²) >= 11 is 0. The van der Waals surface area contributed by atoms with Crippen molar-refractivity contribution in [2.24, 2.45) is 0 Å². The maximum atomic E-state index is 11.6. The van der Waals surface area contributed by atoms with Crippen molar-refractivity contribution in [3.05, 3.63) is 24.3 Å². The molecule has 0 unspecified atom stereocenters. The first-order valence-electron chi connectivity index (χ1n) is 6.30. The van der Waals surface area contributed by atoms with Gasteiger partial charge >= 0.3 is 6.03 Å². The molecule has 6 nitrogen and oxygen atoms in total. The van der Waals surface area contributed by atoms with Gasteiger partial charge in [-0.05, 0) is 45.0 Å². The van der Waals surface area contributed by atoms with Crippen molar-refractivity contribution >= 4 is 17.6 Å². The summed E-state index contributed by atoms with van der Waals surface area (Å²) in [5.74, 6) is 0.340. The second kappa shape index (κ2) is 6.79. The van der Waals surface area contributed by atoms with Gasteiger partial charge in [-0.2, -0.15) is 0 Å². The van der Waals surface area contributed by atoms with Crippen LogP contribution >= 0.6 is 0 Å². The van der Waals surface area contributed by atoms with E-state index in [1.54, 1.807) is 31.4 Å². The smallest absolute Gasteiger partial charge is 0.321 e. The van der Waals surface area contributed by atoms with Gasteiger partial charge in [-0.3, -0.25) is 10.1 Å². The Labute approximate surface area is 118 Å². The molecule has 0 fully saturated rings. The molecule has 0 aliphatic heterocycles. The number of anilines is 1. The van der Waals surface area contributed by atoms with Crippen LogP contribution in [0.15, 0.2) is 24.3 Å². The number of hydrogen-bond acceptors (Lipinski definition) is 4. The Bertz CT molecular complexity index is 464. The van der Waals surface area contributed by atoms with Crippen LogP contribution in [0, 0.1) is 0 Å². The first-order valence-corrected chi connectivity index (χ1v) is 6.30. The van der Waals surface area contributed by atoms with E-state index < -0.39 is 11.9 Å². The molecule has 0 aromatic heterocycles. The van der Waals surface area contributed by atoms with Crippen LogP contribution in [0.3, 0.4) is 0 Å². The molecule has 0 heterocycles. The third-order valence-corrected chi connectivity index (χ3v) is 2.28. The fourth-order valence-corrected chi connectivity index (χ4v) is 1.43. The van der Waals surface area contributed by atoms with Gasteiger partial charge in [-0.25, -0.2) is 4.79 Å². The number of rotatable bonds is 4. The van der Waals surface area contributed by atoms with Crippen LogP contribution < -0.4 is 20.7 Å². The van der Waals surface area contributed by atoms with E-state index in [1.165, 1.54) is 0 Å². The molecule has 1 rings (SSSR count). The van der Waals surface area contributed by atoms with Gasteiger partial charge in [0.1, 0.15) is 5.75 Å². The fourth-order valence-electron chi connectivity index (χ4n) is 1.43. The fraction of sp³-hybridized carbons (Fsp3) is 0.429. The Morgan fingerprint density at radius 2 is 1.75 bits per heavy atom. The Hall–Kier alpha value is -2.24. The lowest BCUT2D eigenvalue weighted by Crippen LogP contribution is -2.49. The molecule has 0 atom stereocenters. The second-order valence-electron chi connectivity index (χ2n) is 5.33. The summed E-state index contributed by atoms with van der Waals surface area (Å²) in [5.41, 5.74) is 0.394. The highest BCUT2D eigenvalue weighted by atomic mass is 16.5. The van der Waals surface area contributed by atoms with Crippen molar-refractivity contribution in [2.75, 3.05) is 19.0 Å². The number of amides is 3. The van der Waals surface area contributed by atoms with Gasteiger partial charge in [0, 0.05) is 11.2 Å². The molecule has 20 heavy (non-hydrogen) atoms. The Morgan fingerprint density at radius 3 is 2.25 bits per heavy atom. The minimum atomic E-state index is -0.501. The van der Waals surface area contributed by atoms with E-state index in [0.717, 1.165) is 11.4 Å². The summed E-state index contributed by atoms with van der Waals surface area (Å²) in [6.07, 6.45) is 0. The summed E-state index contributed by atoms with van der Waals surface area (Å²) in [6.45, 7) is 5.54. The van der Waals surface area contributed by atoms with Gasteiger partial charge in [0.2, 0.25) is 5.91 Å². The molecular formula is C14H21N3O3. The van der Waals surface area contributed by atoms with E-state index in [9.17, 15) is 9.59 Å². The number of hydrogen-bond donors (Lipinski definition) is 3. The zero-order valence-electron chi connectivity index (χ0n) is 12.2. The molecule has 0 bridgehead atoms. The number of carbonyl (C=O) groups excluding carboxylic acids is 2. The van der Waals surface area contributed by atoms with E-state index in [4.69, 9.17) is 4.74 Å². The molecule has 0 saturated carbocycles. The lowest BCUT2D eigenvalue weighted by molar-refractivity contribution is -0.118. The lowest BCUT2D eigenvalue weighted by Gasteiger charge is -2.20. The number of carbonyl (C=O) groups is 2. The summed E-state index contributed by atoms with van der Waals surface area (Å²) in [6, 6.07) is 6.65. The van der Waals surface area contributed by atoms with E-state index in [-0.39, 0.29) is 12.1 Å². The molecule has 6 heteroatoms. The highest BCUT2D eigenvalue weighted by molar-refractivity contribution is 5.96. The number of nitrogens with one attached hydrogen (secondary N) is 3. The maximum absolute atomic E-state index is 11.6. The third kappa shape index (κ3) is 6.08. The standard InChI is InChI=1S/C14H21N3O3/c1-14(2,3)17-13(19)16-12(18)9-15-10-5-7-11(20-4)8-6-10/h5-8,15H,9H2,1-4H3,(H2,16,17,18,19). The van der Waals surface area contributed by atoms with Gasteiger partial charge < -0.3 is 15.4 Å². The SMILES string of the molecule is COc1ccc(NCC(=O)NC(=O)NC(C)(C)C)cc1. The predicted molar refractivity (Wildman–Crippen MR) is 77.9 cm³/mol. The highest BCUT2D eigenvalue weighted by Crippen LogP contribution is 2.14. The molecule has 0 radical (unpaired) electrons. The second-order valence-corrected chi connectivity index (χ2v) is 5.33. The normalized spacial score (nSPS) is 10.6. The minimum absolute atomic E-state index is 0.0177. The van der Waals surface area contributed by atoms with Gasteiger partial charge in [-0.1, -0.05) is 0 Å². The Morgan fingerprint density at radius 1 is 1.15 bits per heavy atom. The molecule has 0 aliphatic rings. The number of urea groups is 1. The van der Waals surface area contributed by atoms with Crippen LogP contribution in [0.5, 0.6) is 5.75 Å². The van der Waals surface area contributed by atoms with Gasteiger partial charge in [0.25, 0.3) is 0 Å². The van der Waals surface area contributed by atoms with Crippen LogP contribution in [0.25, 0.3) is 0 Å². The number of methoxy groups -OCH3 is 1. The number of imide groups is 1. The first kappa shape index (κ1) is 15.8. The van der Waals surface area contributed by atoms with Crippen molar-refractivity contribution in [1.29, 1.82) is 0 Å². The van der Waals surface area contributed by atoms with Gasteiger partial charge in [0.05, 0.1) is 13.7 Å². The van der Waals surface area contributed by atoms with E-state index in [1.807, 2.05) is 20.8 Å². The van der Waals surface area contributed by atoms with Gasteiger partial charge in [0.15, 0.2) is 0 Å². The highest BCUT2D eigenvalue weighted by Gasteiger charge is 2.15. The summed E-state index contributed by atoms with van der Waals surface area (Å²) in [7, 11) is 1.59. The lowest BCUT2D eigenvalue weighted by atomic mass is 10.1. The van der Waals surface area contributed by atoms with Gasteiger partial charge in [-0.15, -0.1) is 0 Å². The van der Waals surface area contributed by atoms with Crippen LogP contribution in [-0.2, 0) is 4.79 Å². The van der Waals surface area contributed by atoms with Crippen molar-refractivity contribution in [3.8, 4) is 5.75 Å². The number of ether oxygens (including phenoxy) is 1. The summed E-state index contributed by atoms with van der Waals surface area (Å²) in [5, 5.41) is 7.82. The predicted octanol–water partition coefficient (Wildman–Crippen LogP) is 1.73. The molecule has 0 spiro atoms. The number of benzene rings is 1. The minimum Gasteiger partial charge on any atom is -0.497 e. The molecule has 0 aliphatic carbocycles. The molecule has 0 saturated heterocycles. The summed E-state index contributed by atoms with van der Waals surface area (Å²) < 4.78 is 5.03. The van der Waals surface area contributed by atoms with Crippen molar-refractivity contribution < 1.29 is 14.3 Å². The molecule has 110 valence electrons. The van der Waals surface area contributed by atoms with Crippen LogP contribution in [0.2, 0.25) is 0 Å². The van der Waals surface area contributed by atoms with Crippen molar-refractivity contribution in [3.63, 3.8) is 0 Å². The maximum Gasteiger partial charge on any atom is 0.321 e. The van der Waals surface area contributed by atoms with E-state index >= 15 is 0 Å². The average Bonchev–Trinajstić information content (AvgIpc) is 2.34. The molecule has 3 amide bonds. The van der Waals surface area contributed by atoms with Crippen LogP contribution in [-0.4, -0.2) is 31.1 Å². The van der Waals surface area contributed by atoms with E-state index in [2.05, 4.69) is 16.0 Å². The molecule has 3 N–H and O–H groups in total. The van der Waals surface area contributed by atoms with Crippen molar-refractivity contribution in [2.45, 2.75) is 26.3 Å². The topological polar surface area (TPSA) is 79.5 Å². The molecule has 1 aromatic carbocycles. The molecular weight excluding hydrogens is 258 g/mol. The summed E-state index contributed by atoms with van der Waals surface area (Å²) in [4.78, 5) is 23.1. The molecule has 1 aromatic rings. The monoisotopic (exact) mass is 279 g/mol. The zero-order chi connectivity index (χ0) is 15.2. The Kier molecular flexibility index (Phi) is 5.37. The van der Waals surface area contributed by atoms with Crippen LogP contribution in [0.4, 0.5) is 10.5 Å². The quantitative estimate of drug-likeness (QED) is 0.784.